The first kappa shape index (κ1) is 12.8. The van der Waals surface area contributed by atoms with E-state index in [-0.39, 0.29) is 0 Å². The molecule has 96 valence electrons. The van der Waals surface area contributed by atoms with E-state index in [0.717, 1.165) is 11.6 Å². The van der Waals surface area contributed by atoms with Gasteiger partial charge in [0, 0.05) is 30.2 Å². The Bertz CT molecular complexity index is 537. The van der Waals surface area contributed by atoms with Gasteiger partial charge in [-0.25, -0.2) is 4.98 Å². The third-order valence-electron chi connectivity index (χ3n) is 2.63. The lowest BCUT2D eigenvalue weighted by Crippen LogP contribution is -2.05. The van der Waals surface area contributed by atoms with Crippen LogP contribution in [0.25, 0.3) is 0 Å². The van der Waals surface area contributed by atoms with Gasteiger partial charge >= 0.3 is 0 Å². The van der Waals surface area contributed by atoms with Crippen LogP contribution in [0.4, 0.5) is 11.6 Å². The Hall–Kier alpha value is -1.68. The van der Waals surface area contributed by atoms with E-state index in [0.29, 0.717) is 16.8 Å². The summed E-state index contributed by atoms with van der Waals surface area (Å²) in [6.45, 7) is 4.21. The average Bonchev–Trinajstić information content (AvgIpc) is 2.80. The maximum Gasteiger partial charge on any atom is 0.207 e. The zero-order valence-corrected chi connectivity index (χ0v) is 11.4. The molecule has 0 unspecified atom stereocenters. The van der Waals surface area contributed by atoms with Crippen LogP contribution in [0.2, 0.25) is 5.02 Å². The Labute approximate surface area is 112 Å². The van der Waals surface area contributed by atoms with Gasteiger partial charge in [0.05, 0.1) is 12.1 Å². The topological polar surface area (TPSA) is 39.1 Å². The number of hydrogen-bond donors (Lipinski definition) is 1. The molecule has 5 heteroatoms. The molecular weight excluding hydrogens is 250 g/mol. The lowest BCUT2D eigenvalue weighted by Gasteiger charge is -2.13. The molecule has 1 aromatic heterocycles. The van der Waals surface area contributed by atoms with Crippen molar-refractivity contribution >= 4 is 23.2 Å². The van der Waals surface area contributed by atoms with Crippen molar-refractivity contribution in [3.8, 4) is 5.75 Å². The van der Waals surface area contributed by atoms with Gasteiger partial charge in [0.25, 0.3) is 0 Å². The first-order valence-corrected chi connectivity index (χ1v) is 6.13. The molecule has 1 N–H and O–H groups in total. The Balaban J connectivity index is 2.26. The maximum absolute atomic E-state index is 5.99. The zero-order valence-electron chi connectivity index (χ0n) is 10.6. The lowest BCUT2D eigenvalue weighted by molar-refractivity contribution is 0.415. The molecule has 0 fully saturated rings. The molecule has 0 saturated heterocycles. The summed E-state index contributed by atoms with van der Waals surface area (Å²) in [7, 11) is 1.60. The Kier molecular flexibility index (Phi) is 3.77. The van der Waals surface area contributed by atoms with Crippen LogP contribution in [-0.4, -0.2) is 16.7 Å². The van der Waals surface area contributed by atoms with Crippen molar-refractivity contribution < 1.29 is 4.74 Å². The molecule has 0 aliphatic rings. The van der Waals surface area contributed by atoms with Crippen LogP contribution in [0.3, 0.4) is 0 Å². The predicted octanol–water partition coefficient (Wildman–Crippen LogP) is 3.87. The van der Waals surface area contributed by atoms with Crippen molar-refractivity contribution in [1.82, 2.24) is 9.55 Å². The highest BCUT2D eigenvalue weighted by Crippen LogP contribution is 2.29. The predicted molar refractivity (Wildman–Crippen MR) is 73.9 cm³/mol. The fourth-order valence-electron chi connectivity index (χ4n) is 1.69. The molecule has 0 saturated carbocycles. The molecule has 4 nitrogen and oxygen atoms in total. The molecule has 0 aliphatic carbocycles. The highest BCUT2D eigenvalue weighted by atomic mass is 35.5. The van der Waals surface area contributed by atoms with E-state index in [1.165, 1.54) is 0 Å². The van der Waals surface area contributed by atoms with Crippen LogP contribution in [-0.2, 0) is 0 Å². The summed E-state index contributed by atoms with van der Waals surface area (Å²) in [5.41, 5.74) is 0.893. The summed E-state index contributed by atoms with van der Waals surface area (Å²) in [6.07, 6.45) is 3.72. The van der Waals surface area contributed by atoms with Gasteiger partial charge in [-0.1, -0.05) is 11.6 Å². The standard InChI is InChI=1S/C13H16ClN3O/c1-9(2)17-7-6-15-13(17)16-10-4-5-11(14)12(8-10)18-3/h4-9H,1-3H3,(H,15,16). The summed E-state index contributed by atoms with van der Waals surface area (Å²) in [4.78, 5) is 4.29. The Morgan fingerprint density at radius 2 is 2.17 bits per heavy atom. The Morgan fingerprint density at radius 1 is 1.39 bits per heavy atom. The molecule has 0 radical (unpaired) electrons. The number of benzene rings is 1. The molecule has 0 atom stereocenters. The van der Waals surface area contributed by atoms with Crippen LogP contribution < -0.4 is 10.1 Å². The molecule has 1 aromatic carbocycles. The molecule has 0 spiro atoms. The minimum Gasteiger partial charge on any atom is -0.495 e. The van der Waals surface area contributed by atoms with Crippen LogP contribution >= 0.6 is 11.6 Å². The smallest absolute Gasteiger partial charge is 0.207 e. The lowest BCUT2D eigenvalue weighted by atomic mass is 10.3. The van der Waals surface area contributed by atoms with Gasteiger partial charge in [0.15, 0.2) is 0 Å². The third kappa shape index (κ3) is 2.59. The number of imidazole rings is 1. The minimum absolute atomic E-state index is 0.351. The maximum atomic E-state index is 5.99. The number of nitrogens with one attached hydrogen (secondary N) is 1. The largest absolute Gasteiger partial charge is 0.495 e. The van der Waals surface area contributed by atoms with Gasteiger partial charge in [-0.05, 0) is 26.0 Å². The molecule has 2 aromatic rings. The van der Waals surface area contributed by atoms with E-state index in [1.807, 2.05) is 18.3 Å². The number of hydrogen-bond acceptors (Lipinski definition) is 3. The van der Waals surface area contributed by atoms with Crippen LogP contribution in [0.15, 0.2) is 30.6 Å². The van der Waals surface area contributed by atoms with E-state index < -0.39 is 0 Å². The summed E-state index contributed by atoms with van der Waals surface area (Å²) in [5, 5.41) is 3.84. The van der Waals surface area contributed by atoms with Gasteiger partial charge in [0.2, 0.25) is 5.95 Å². The first-order chi connectivity index (χ1) is 8.61. The number of halogens is 1. The van der Waals surface area contributed by atoms with Gasteiger partial charge < -0.3 is 14.6 Å². The second-order valence-corrected chi connectivity index (χ2v) is 4.63. The van der Waals surface area contributed by atoms with Crippen molar-refractivity contribution in [3.05, 3.63) is 35.6 Å². The van der Waals surface area contributed by atoms with Crippen LogP contribution in [0.1, 0.15) is 19.9 Å². The zero-order chi connectivity index (χ0) is 13.1. The highest BCUT2D eigenvalue weighted by molar-refractivity contribution is 6.32. The van der Waals surface area contributed by atoms with Gasteiger partial charge in [-0.15, -0.1) is 0 Å². The van der Waals surface area contributed by atoms with Crippen molar-refractivity contribution in [2.75, 3.05) is 12.4 Å². The quantitative estimate of drug-likeness (QED) is 0.912. The average molecular weight is 266 g/mol. The molecular formula is C13H16ClN3O. The van der Waals surface area contributed by atoms with E-state index >= 15 is 0 Å². The number of nitrogens with zero attached hydrogens (tertiary/aromatic N) is 2. The molecule has 0 aliphatic heterocycles. The second-order valence-electron chi connectivity index (χ2n) is 4.23. The fraction of sp³-hybridized carbons (Fsp3) is 0.308. The van der Waals surface area contributed by atoms with Gasteiger partial charge in [-0.2, -0.15) is 0 Å². The minimum atomic E-state index is 0.351. The van der Waals surface area contributed by atoms with Crippen LogP contribution in [0, 0.1) is 0 Å². The fourth-order valence-corrected chi connectivity index (χ4v) is 1.89. The summed E-state index contributed by atoms with van der Waals surface area (Å²) < 4.78 is 7.24. The molecule has 0 amide bonds. The third-order valence-corrected chi connectivity index (χ3v) is 2.94. The van der Waals surface area contributed by atoms with Crippen molar-refractivity contribution in [2.45, 2.75) is 19.9 Å². The SMILES string of the molecule is COc1cc(Nc2nccn2C(C)C)ccc1Cl. The highest BCUT2D eigenvalue weighted by Gasteiger charge is 2.07. The number of anilines is 2. The number of ether oxygens (including phenoxy) is 1. The summed E-state index contributed by atoms with van der Waals surface area (Å²) in [5.74, 6) is 1.44. The van der Waals surface area contributed by atoms with E-state index in [9.17, 15) is 0 Å². The molecule has 2 rings (SSSR count). The summed E-state index contributed by atoms with van der Waals surface area (Å²) in [6, 6.07) is 5.89. The molecule has 18 heavy (non-hydrogen) atoms. The monoisotopic (exact) mass is 265 g/mol. The van der Waals surface area contributed by atoms with Crippen molar-refractivity contribution in [3.63, 3.8) is 0 Å². The van der Waals surface area contributed by atoms with Crippen molar-refractivity contribution in [2.24, 2.45) is 0 Å². The van der Waals surface area contributed by atoms with Crippen molar-refractivity contribution in [1.29, 1.82) is 0 Å². The molecule has 0 bridgehead atoms. The second kappa shape index (κ2) is 5.31. The number of rotatable bonds is 4. The Morgan fingerprint density at radius 3 is 2.83 bits per heavy atom. The summed E-state index contributed by atoms with van der Waals surface area (Å²) >= 11 is 5.99. The van der Waals surface area contributed by atoms with E-state index in [2.05, 4.69) is 28.7 Å². The first-order valence-electron chi connectivity index (χ1n) is 5.75. The van der Waals surface area contributed by atoms with E-state index in [1.54, 1.807) is 19.4 Å². The molecule has 1 heterocycles. The number of methoxy groups -OCH3 is 1. The normalized spacial score (nSPS) is 10.7. The van der Waals surface area contributed by atoms with Gasteiger partial charge in [0.1, 0.15) is 5.75 Å². The van der Waals surface area contributed by atoms with Gasteiger partial charge in [-0.3, -0.25) is 0 Å². The van der Waals surface area contributed by atoms with E-state index in [4.69, 9.17) is 16.3 Å². The van der Waals surface area contributed by atoms with Crippen LogP contribution in [0.5, 0.6) is 5.75 Å². The number of aromatic nitrogens is 2.